The maximum absolute atomic E-state index is 11.6. The van der Waals surface area contributed by atoms with Crippen molar-refractivity contribution in [3.05, 3.63) is 83.8 Å². The fourth-order valence-electron chi connectivity index (χ4n) is 4.42. The molecule has 0 saturated carbocycles. The minimum Gasteiger partial charge on any atom is -0.493 e. The van der Waals surface area contributed by atoms with Crippen LogP contribution in [0.3, 0.4) is 0 Å². The molecule has 4 heterocycles. The van der Waals surface area contributed by atoms with Gasteiger partial charge in [-0.05, 0) is 54.3 Å². The number of nitrogens with zero attached hydrogens (tertiary/aromatic N) is 3. The summed E-state index contributed by atoms with van der Waals surface area (Å²) in [6.45, 7) is 1.39. The lowest BCUT2D eigenvalue weighted by molar-refractivity contribution is -0.137. The number of aromatic nitrogens is 3. The number of ether oxygens (including phenoxy) is 1. The molecule has 3 aromatic heterocycles. The van der Waals surface area contributed by atoms with Gasteiger partial charge in [-0.3, -0.25) is 9.78 Å². The summed E-state index contributed by atoms with van der Waals surface area (Å²) in [5.41, 5.74) is 4.77. The first-order valence-corrected chi connectivity index (χ1v) is 12.4. The molecule has 0 amide bonds. The topological polar surface area (TPSA) is 146 Å². The number of anilines is 2. The van der Waals surface area contributed by atoms with Crippen LogP contribution in [0.4, 0.5) is 11.5 Å². The molecule has 1 aliphatic rings. The number of nitrogens with one attached hydrogen (secondary N) is 3. The molecule has 0 bridgehead atoms. The summed E-state index contributed by atoms with van der Waals surface area (Å²) in [7, 11) is 0. The molecule has 1 aromatic carbocycles. The van der Waals surface area contributed by atoms with E-state index in [-0.39, 0.29) is 6.42 Å². The number of benzene rings is 1. The van der Waals surface area contributed by atoms with Crippen LogP contribution < -0.4 is 15.4 Å². The van der Waals surface area contributed by atoms with Gasteiger partial charge in [-0.1, -0.05) is 6.07 Å². The third kappa shape index (κ3) is 5.97. The molecule has 1 aliphatic heterocycles. The molecule has 5 rings (SSSR count). The molecule has 0 saturated heterocycles. The fourth-order valence-corrected chi connectivity index (χ4v) is 4.42. The molecule has 4 N–H and O–H groups in total. The van der Waals surface area contributed by atoms with Crippen LogP contribution in [0.15, 0.2) is 65.8 Å². The zero-order valence-corrected chi connectivity index (χ0v) is 20.7. The normalized spacial score (nSPS) is 13.2. The number of hydrogen-bond donors (Lipinski definition) is 4. The minimum absolute atomic E-state index is 0.181. The summed E-state index contributed by atoms with van der Waals surface area (Å²) in [6, 6.07) is 10.8. The number of oxazole rings is 1. The summed E-state index contributed by atoms with van der Waals surface area (Å²) >= 11 is 0. The molecule has 0 spiro atoms. The van der Waals surface area contributed by atoms with Crippen molar-refractivity contribution in [3.63, 3.8) is 0 Å². The van der Waals surface area contributed by atoms with E-state index in [2.05, 4.69) is 26.7 Å². The van der Waals surface area contributed by atoms with Crippen molar-refractivity contribution in [2.24, 2.45) is 0 Å². The van der Waals surface area contributed by atoms with Crippen molar-refractivity contribution in [1.29, 1.82) is 5.41 Å². The van der Waals surface area contributed by atoms with Gasteiger partial charge in [0.1, 0.15) is 11.6 Å². The largest absolute Gasteiger partial charge is 0.493 e. The number of hydrogen-bond acceptors (Lipinski definition) is 9. The van der Waals surface area contributed by atoms with Crippen LogP contribution in [0.5, 0.6) is 5.75 Å². The molecule has 0 fully saturated rings. The monoisotopic (exact) mass is 512 g/mol. The second-order valence-corrected chi connectivity index (χ2v) is 9.00. The smallest absolute Gasteiger partial charge is 0.305 e. The number of carboxylic acids is 1. The molecule has 10 heteroatoms. The molecule has 10 nitrogen and oxygen atoms in total. The van der Waals surface area contributed by atoms with Gasteiger partial charge in [-0.15, -0.1) is 0 Å². The third-order valence-electron chi connectivity index (χ3n) is 6.34. The molecular formula is C28H28N6O4. The number of carboxylic acid groups (broad SMARTS) is 1. The number of rotatable bonds is 11. The molecule has 1 unspecified atom stereocenters. The predicted molar refractivity (Wildman–Crippen MR) is 143 cm³/mol. The van der Waals surface area contributed by atoms with E-state index in [1.54, 1.807) is 36.8 Å². The van der Waals surface area contributed by atoms with E-state index in [0.29, 0.717) is 46.9 Å². The fraction of sp³-hybridized carbons (Fsp3) is 0.250. The zero-order valence-electron chi connectivity index (χ0n) is 20.7. The van der Waals surface area contributed by atoms with Gasteiger partial charge in [0.15, 0.2) is 12.2 Å². The van der Waals surface area contributed by atoms with Crippen molar-refractivity contribution in [1.82, 2.24) is 15.0 Å². The van der Waals surface area contributed by atoms with Crippen LogP contribution in [0.2, 0.25) is 0 Å². The zero-order chi connectivity index (χ0) is 26.3. The van der Waals surface area contributed by atoms with Gasteiger partial charge in [0.25, 0.3) is 0 Å². The molecule has 4 aromatic rings. The van der Waals surface area contributed by atoms with E-state index < -0.39 is 12.0 Å². The number of aryl methyl sites for hydroxylation is 1. The van der Waals surface area contributed by atoms with Crippen molar-refractivity contribution in [2.45, 2.75) is 31.7 Å². The number of carbonyl (C=O) groups is 1. The van der Waals surface area contributed by atoms with Crippen LogP contribution in [-0.4, -0.2) is 45.4 Å². The molecular weight excluding hydrogens is 484 g/mol. The van der Waals surface area contributed by atoms with E-state index in [1.807, 2.05) is 12.1 Å². The Kier molecular flexibility index (Phi) is 7.58. The van der Waals surface area contributed by atoms with Crippen LogP contribution in [0, 0.1) is 5.41 Å². The lowest BCUT2D eigenvalue weighted by Gasteiger charge is -2.21. The molecule has 0 radical (unpaired) electrons. The Morgan fingerprint density at radius 2 is 2.13 bits per heavy atom. The standard InChI is InChI=1S/C28H28N6O4/c29-13-19-11-23(37-9-7-22-4-3-18-2-1-8-32-28(18)33-22)5-6-24(19)34-25(12-27(35)36)20-10-21(15-30-14-20)26-16-31-17-38-26/h3-6,10-11,13-17,25,29,34H,1-2,7-9,12H2,(H,32,33)(H,35,36). The van der Waals surface area contributed by atoms with E-state index >= 15 is 0 Å². The lowest BCUT2D eigenvalue weighted by atomic mass is 10.0. The predicted octanol–water partition coefficient (Wildman–Crippen LogP) is 4.74. The van der Waals surface area contributed by atoms with Crippen LogP contribution in [0.25, 0.3) is 11.3 Å². The Balaban J connectivity index is 1.27. The lowest BCUT2D eigenvalue weighted by Crippen LogP contribution is -2.16. The highest BCUT2D eigenvalue weighted by Gasteiger charge is 2.19. The van der Waals surface area contributed by atoms with Gasteiger partial charge >= 0.3 is 5.97 Å². The highest BCUT2D eigenvalue weighted by Crippen LogP contribution is 2.29. The first-order chi connectivity index (χ1) is 18.6. The van der Waals surface area contributed by atoms with Gasteiger partial charge in [0.2, 0.25) is 0 Å². The number of aliphatic carboxylic acids is 1. The second kappa shape index (κ2) is 11.5. The third-order valence-corrected chi connectivity index (χ3v) is 6.34. The van der Waals surface area contributed by atoms with Crippen LogP contribution in [0.1, 0.15) is 41.3 Å². The van der Waals surface area contributed by atoms with Crippen LogP contribution in [-0.2, 0) is 17.6 Å². The van der Waals surface area contributed by atoms with Gasteiger partial charge in [-0.2, -0.15) is 0 Å². The maximum atomic E-state index is 11.6. The molecule has 38 heavy (non-hydrogen) atoms. The molecule has 0 aliphatic carbocycles. The van der Waals surface area contributed by atoms with E-state index in [0.717, 1.165) is 30.9 Å². The first-order valence-electron chi connectivity index (χ1n) is 12.4. The highest BCUT2D eigenvalue weighted by molar-refractivity contribution is 5.87. The summed E-state index contributed by atoms with van der Waals surface area (Å²) in [5, 5.41) is 24.1. The summed E-state index contributed by atoms with van der Waals surface area (Å²) < 4.78 is 11.3. The average Bonchev–Trinajstić information content (AvgIpc) is 3.48. The summed E-state index contributed by atoms with van der Waals surface area (Å²) in [4.78, 5) is 24.5. The first kappa shape index (κ1) is 24.9. The van der Waals surface area contributed by atoms with E-state index in [1.165, 1.54) is 18.2 Å². The highest BCUT2D eigenvalue weighted by atomic mass is 16.5. The van der Waals surface area contributed by atoms with Crippen LogP contribution >= 0.6 is 0 Å². The minimum atomic E-state index is -0.963. The average molecular weight is 513 g/mol. The Morgan fingerprint density at radius 3 is 2.95 bits per heavy atom. The summed E-state index contributed by atoms with van der Waals surface area (Å²) in [6.07, 6.45) is 10.0. The van der Waals surface area contributed by atoms with Crippen molar-refractivity contribution >= 4 is 23.7 Å². The van der Waals surface area contributed by atoms with Crippen molar-refractivity contribution < 1.29 is 19.1 Å². The molecule has 194 valence electrons. The van der Waals surface area contributed by atoms with Crippen molar-refractivity contribution in [2.75, 3.05) is 23.8 Å². The van der Waals surface area contributed by atoms with E-state index in [9.17, 15) is 9.90 Å². The van der Waals surface area contributed by atoms with Gasteiger partial charge in [-0.25, -0.2) is 9.97 Å². The second-order valence-electron chi connectivity index (χ2n) is 9.00. The summed E-state index contributed by atoms with van der Waals surface area (Å²) in [5.74, 6) is 1.16. The number of fused-ring (bicyclic) bond motifs is 1. The Bertz CT molecular complexity index is 1420. The van der Waals surface area contributed by atoms with Crippen molar-refractivity contribution in [3.8, 4) is 17.1 Å². The molecule has 1 atom stereocenters. The van der Waals surface area contributed by atoms with Gasteiger partial charge in [0.05, 0.1) is 25.3 Å². The Labute approximate surface area is 219 Å². The Hall–Kier alpha value is -4.73. The SMILES string of the molecule is N=Cc1cc(OCCc2ccc3c(n2)NCCC3)ccc1NC(CC(=O)O)c1cncc(-c2cnco2)c1. The van der Waals surface area contributed by atoms with E-state index in [4.69, 9.17) is 19.5 Å². The number of pyridine rings is 2. The maximum Gasteiger partial charge on any atom is 0.305 e. The van der Waals surface area contributed by atoms with Gasteiger partial charge in [0, 0.05) is 54.1 Å². The van der Waals surface area contributed by atoms with Gasteiger partial charge < -0.3 is 30.3 Å². The quantitative estimate of drug-likeness (QED) is 0.209. The Morgan fingerprint density at radius 1 is 1.21 bits per heavy atom.